The third-order valence-electron chi connectivity index (χ3n) is 4.75. The first-order valence-electron chi connectivity index (χ1n) is 9.94. The molecule has 32 heavy (non-hydrogen) atoms. The summed E-state index contributed by atoms with van der Waals surface area (Å²) >= 11 is 0. The molecule has 0 saturated carbocycles. The van der Waals surface area contributed by atoms with Crippen molar-refractivity contribution in [3.8, 4) is 17.0 Å². The molecule has 0 spiro atoms. The summed E-state index contributed by atoms with van der Waals surface area (Å²) in [5.74, 6) is -0.929. The standard InChI is InChI=1S/C21H25N3O8/c1-12(25)29-11-19-21(31-14(3)27)20(30-13(2)26)18(32-19)10-24-9-17(22-23-24)15-5-7-16(28-4)8-6-15/h5-9,18-21H,10-11H2,1-4H3/t18-,19+,20+,21+/m0/s1. The molecule has 2 heterocycles. The van der Waals surface area contributed by atoms with Crippen molar-refractivity contribution >= 4 is 17.9 Å². The number of rotatable bonds is 8. The van der Waals surface area contributed by atoms with Crippen molar-refractivity contribution in [3.05, 3.63) is 30.5 Å². The molecule has 0 N–H and O–H groups in total. The Bertz CT molecular complexity index is 958. The number of nitrogens with zero attached hydrogens (tertiary/aromatic N) is 3. The van der Waals surface area contributed by atoms with Gasteiger partial charge < -0.3 is 23.7 Å². The van der Waals surface area contributed by atoms with Crippen molar-refractivity contribution in [1.82, 2.24) is 15.0 Å². The molecule has 0 aliphatic carbocycles. The van der Waals surface area contributed by atoms with E-state index in [9.17, 15) is 14.4 Å². The van der Waals surface area contributed by atoms with Gasteiger partial charge in [-0.2, -0.15) is 0 Å². The molecule has 0 bridgehead atoms. The third-order valence-corrected chi connectivity index (χ3v) is 4.75. The van der Waals surface area contributed by atoms with E-state index in [1.165, 1.54) is 20.8 Å². The van der Waals surface area contributed by atoms with Gasteiger partial charge >= 0.3 is 17.9 Å². The van der Waals surface area contributed by atoms with Crippen LogP contribution in [-0.4, -0.2) is 71.0 Å². The van der Waals surface area contributed by atoms with Crippen molar-refractivity contribution in [3.63, 3.8) is 0 Å². The van der Waals surface area contributed by atoms with Gasteiger partial charge in [0.1, 0.15) is 30.3 Å². The van der Waals surface area contributed by atoms with Crippen LogP contribution in [0.5, 0.6) is 5.75 Å². The maximum absolute atomic E-state index is 11.7. The molecular formula is C21H25N3O8. The van der Waals surface area contributed by atoms with Crippen LogP contribution in [-0.2, 0) is 39.9 Å². The van der Waals surface area contributed by atoms with E-state index in [0.29, 0.717) is 5.69 Å². The number of carbonyl (C=O) groups excluding carboxylic acids is 3. The number of hydrogen-bond acceptors (Lipinski definition) is 10. The molecule has 2 aromatic rings. The summed E-state index contributed by atoms with van der Waals surface area (Å²) in [4.78, 5) is 34.6. The van der Waals surface area contributed by atoms with Gasteiger partial charge in [-0.3, -0.25) is 14.4 Å². The van der Waals surface area contributed by atoms with E-state index in [4.69, 9.17) is 23.7 Å². The molecular weight excluding hydrogens is 422 g/mol. The predicted molar refractivity (Wildman–Crippen MR) is 108 cm³/mol. The van der Waals surface area contributed by atoms with E-state index in [-0.39, 0.29) is 13.2 Å². The van der Waals surface area contributed by atoms with Gasteiger partial charge in [0.25, 0.3) is 0 Å². The Hall–Kier alpha value is -3.47. The summed E-state index contributed by atoms with van der Waals surface area (Å²) < 4.78 is 28.4. The molecule has 11 nitrogen and oxygen atoms in total. The highest BCUT2D eigenvalue weighted by Crippen LogP contribution is 2.29. The van der Waals surface area contributed by atoms with E-state index in [2.05, 4.69) is 10.3 Å². The van der Waals surface area contributed by atoms with Crippen LogP contribution < -0.4 is 4.74 Å². The largest absolute Gasteiger partial charge is 0.497 e. The topological polar surface area (TPSA) is 128 Å². The second-order valence-electron chi connectivity index (χ2n) is 7.22. The first kappa shape index (κ1) is 23.2. The smallest absolute Gasteiger partial charge is 0.303 e. The lowest BCUT2D eigenvalue weighted by molar-refractivity contribution is -0.165. The Morgan fingerprint density at radius 1 is 0.969 bits per heavy atom. The Balaban J connectivity index is 1.79. The molecule has 4 atom stereocenters. The van der Waals surface area contributed by atoms with E-state index in [1.54, 1.807) is 18.0 Å². The summed E-state index contributed by atoms with van der Waals surface area (Å²) in [6.07, 6.45) is -1.65. The van der Waals surface area contributed by atoms with E-state index < -0.39 is 42.3 Å². The quantitative estimate of drug-likeness (QED) is 0.429. The molecule has 0 radical (unpaired) electrons. The summed E-state index contributed by atoms with van der Waals surface area (Å²) in [5.41, 5.74) is 1.47. The molecule has 172 valence electrons. The predicted octanol–water partition coefficient (Wildman–Crippen LogP) is 1.15. The van der Waals surface area contributed by atoms with E-state index in [1.807, 2.05) is 24.3 Å². The van der Waals surface area contributed by atoms with Crippen molar-refractivity contribution in [2.24, 2.45) is 0 Å². The molecule has 1 fully saturated rings. The summed E-state index contributed by atoms with van der Waals surface area (Å²) in [6, 6.07) is 7.34. The highest BCUT2D eigenvalue weighted by atomic mass is 16.6. The lowest BCUT2D eigenvalue weighted by Crippen LogP contribution is -2.42. The van der Waals surface area contributed by atoms with Gasteiger partial charge in [0, 0.05) is 26.3 Å². The number of hydrogen-bond donors (Lipinski definition) is 0. The van der Waals surface area contributed by atoms with Gasteiger partial charge in [-0.05, 0) is 24.3 Å². The van der Waals surface area contributed by atoms with Crippen LogP contribution in [0, 0.1) is 0 Å². The number of methoxy groups -OCH3 is 1. The maximum Gasteiger partial charge on any atom is 0.303 e. The Morgan fingerprint density at radius 2 is 1.59 bits per heavy atom. The van der Waals surface area contributed by atoms with E-state index in [0.717, 1.165) is 11.3 Å². The summed E-state index contributed by atoms with van der Waals surface area (Å²) in [5, 5.41) is 8.29. The fourth-order valence-corrected chi connectivity index (χ4v) is 3.42. The van der Waals surface area contributed by atoms with Gasteiger partial charge in [-0.1, -0.05) is 5.21 Å². The Kier molecular flexibility index (Phi) is 7.41. The molecule has 3 rings (SSSR count). The average Bonchev–Trinajstić information content (AvgIpc) is 3.32. The lowest BCUT2D eigenvalue weighted by Gasteiger charge is -2.23. The zero-order chi connectivity index (χ0) is 23.3. The molecule has 0 amide bonds. The van der Waals surface area contributed by atoms with Crippen LogP contribution in [0.25, 0.3) is 11.3 Å². The van der Waals surface area contributed by atoms with Gasteiger partial charge in [-0.15, -0.1) is 5.10 Å². The van der Waals surface area contributed by atoms with Crippen molar-refractivity contribution in [2.75, 3.05) is 13.7 Å². The Labute approximate surface area is 184 Å². The normalized spacial score (nSPS) is 22.2. The molecule has 1 aromatic carbocycles. The average molecular weight is 447 g/mol. The monoisotopic (exact) mass is 447 g/mol. The number of benzene rings is 1. The molecule has 0 unspecified atom stereocenters. The maximum atomic E-state index is 11.7. The van der Waals surface area contributed by atoms with Gasteiger partial charge in [0.05, 0.1) is 19.9 Å². The highest BCUT2D eigenvalue weighted by molar-refractivity contribution is 5.68. The fourth-order valence-electron chi connectivity index (χ4n) is 3.42. The second kappa shape index (κ2) is 10.2. The minimum atomic E-state index is -0.940. The third kappa shape index (κ3) is 5.82. The van der Waals surface area contributed by atoms with Crippen LogP contribution in [0.3, 0.4) is 0 Å². The van der Waals surface area contributed by atoms with Crippen molar-refractivity contribution in [1.29, 1.82) is 0 Å². The minimum absolute atomic E-state index is 0.157. The van der Waals surface area contributed by atoms with Gasteiger partial charge in [0.15, 0.2) is 12.2 Å². The van der Waals surface area contributed by atoms with Crippen LogP contribution in [0.4, 0.5) is 0 Å². The SMILES string of the molecule is COc1ccc(-c2cn(C[C@@H]3O[C@H](COC(C)=O)[C@@H](OC(C)=O)[C@@H]3OC(C)=O)nn2)cc1. The van der Waals surface area contributed by atoms with Gasteiger partial charge in [-0.25, -0.2) is 4.68 Å². The summed E-state index contributed by atoms with van der Waals surface area (Å²) in [7, 11) is 1.59. The first-order chi connectivity index (χ1) is 15.3. The van der Waals surface area contributed by atoms with Crippen molar-refractivity contribution < 1.29 is 38.1 Å². The molecule has 11 heteroatoms. The number of ether oxygens (including phenoxy) is 5. The zero-order valence-corrected chi connectivity index (χ0v) is 18.2. The molecule has 1 aliphatic rings. The number of carbonyl (C=O) groups is 3. The summed E-state index contributed by atoms with van der Waals surface area (Å²) in [6.45, 7) is 3.75. The zero-order valence-electron chi connectivity index (χ0n) is 18.2. The molecule has 1 aliphatic heterocycles. The van der Waals surface area contributed by atoms with Crippen LogP contribution in [0.15, 0.2) is 30.5 Å². The van der Waals surface area contributed by atoms with Crippen molar-refractivity contribution in [2.45, 2.75) is 51.7 Å². The Morgan fingerprint density at radius 3 is 2.16 bits per heavy atom. The molecule has 1 saturated heterocycles. The fraction of sp³-hybridized carbons (Fsp3) is 0.476. The van der Waals surface area contributed by atoms with Crippen LogP contribution in [0.1, 0.15) is 20.8 Å². The number of aromatic nitrogens is 3. The van der Waals surface area contributed by atoms with Crippen LogP contribution >= 0.6 is 0 Å². The van der Waals surface area contributed by atoms with Gasteiger partial charge in [0.2, 0.25) is 0 Å². The van der Waals surface area contributed by atoms with E-state index >= 15 is 0 Å². The number of esters is 3. The first-order valence-corrected chi connectivity index (χ1v) is 9.94. The lowest BCUT2D eigenvalue weighted by atomic mass is 10.1. The second-order valence-corrected chi connectivity index (χ2v) is 7.22. The molecule has 1 aromatic heterocycles. The highest BCUT2D eigenvalue weighted by Gasteiger charge is 2.49. The minimum Gasteiger partial charge on any atom is -0.497 e. The van der Waals surface area contributed by atoms with Crippen LogP contribution in [0.2, 0.25) is 0 Å².